The molecule has 0 saturated carbocycles. The van der Waals surface area contributed by atoms with Gasteiger partial charge >= 0.3 is 7.82 Å². The second kappa shape index (κ2) is 38.0. The number of amides is 1. The minimum atomic E-state index is -4.34. The van der Waals surface area contributed by atoms with Gasteiger partial charge in [0.25, 0.3) is 0 Å². The number of carbonyl (C=O) groups excluding carboxylic acids is 1. The number of rotatable bonds is 40. The van der Waals surface area contributed by atoms with Gasteiger partial charge in [-0.25, -0.2) is 4.57 Å². The molecule has 0 fully saturated rings. The summed E-state index contributed by atoms with van der Waals surface area (Å²) in [5.74, 6) is -0.194. The molecular weight excluding hydrogens is 707 g/mol. The van der Waals surface area contributed by atoms with Crippen LogP contribution in [0.5, 0.6) is 0 Å². The number of phosphoric acid groups is 1. The second-order valence-electron chi connectivity index (χ2n) is 16.4. The standard InChI is InChI=1S/C46H87N2O6P/c1-6-8-10-12-14-16-18-20-21-22-23-24-25-26-27-28-30-32-34-36-38-40-46(50)47-44(43-54-55(51,52)53-42-41-48(3,4)5)45(49)39-37-35-33-31-29-19-17-15-13-11-9-7-2/h18,20,22-23,29,31,37,39,44-45,49H,6-17,19,21,24-28,30,32-36,38,40-43H2,1-5H3,(H-,47,50,51,52)/p+1/b20-18-,23-22-,31-29+,39-37+. The highest BCUT2D eigenvalue weighted by Gasteiger charge is 2.27. The first kappa shape index (κ1) is 53.5. The summed E-state index contributed by atoms with van der Waals surface area (Å²) in [6.07, 6.45) is 47.5. The summed E-state index contributed by atoms with van der Waals surface area (Å²) in [5.41, 5.74) is 0. The highest BCUT2D eigenvalue weighted by molar-refractivity contribution is 7.47. The molecule has 0 heterocycles. The maximum Gasteiger partial charge on any atom is 0.472 e. The van der Waals surface area contributed by atoms with Gasteiger partial charge in [-0.2, -0.15) is 0 Å². The van der Waals surface area contributed by atoms with Gasteiger partial charge in [-0.15, -0.1) is 0 Å². The molecule has 9 heteroatoms. The number of aliphatic hydroxyl groups excluding tert-OH is 1. The van der Waals surface area contributed by atoms with Crippen molar-refractivity contribution in [1.29, 1.82) is 0 Å². The third-order valence-electron chi connectivity index (χ3n) is 9.77. The molecule has 0 aliphatic carbocycles. The topological polar surface area (TPSA) is 105 Å². The van der Waals surface area contributed by atoms with Crippen LogP contribution in [0, 0.1) is 0 Å². The quantitative estimate of drug-likeness (QED) is 0.0247. The van der Waals surface area contributed by atoms with Crippen molar-refractivity contribution in [2.45, 2.75) is 199 Å². The number of aliphatic hydroxyl groups is 1. The number of nitrogens with zero attached hydrogens (tertiary/aromatic N) is 1. The summed E-state index contributed by atoms with van der Waals surface area (Å²) in [7, 11) is 1.55. The first-order chi connectivity index (χ1) is 26.5. The summed E-state index contributed by atoms with van der Waals surface area (Å²) in [5, 5.41) is 13.8. The molecule has 0 radical (unpaired) electrons. The van der Waals surface area contributed by atoms with Crippen molar-refractivity contribution < 1.29 is 32.9 Å². The number of phosphoric ester groups is 1. The Kier molecular flexibility index (Phi) is 36.9. The maximum absolute atomic E-state index is 12.9. The van der Waals surface area contributed by atoms with Crippen molar-refractivity contribution in [2.24, 2.45) is 0 Å². The molecule has 0 spiro atoms. The number of carbonyl (C=O) groups is 1. The first-order valence-corrected chi connectivity index (χ1v) is 24.0. The average Bonchev–Trinajstić information content (AvgIpc) is 3.13. The van der Waals surface area contributed by atoms with Crippen LogP contribution < -0.4 is 5.32 Å². The monoisotopic (exact) mass is 796 g/mol. The van der Waals surface area contributed by atoms with Gasteiger partial charge in [0, 0.05) is 6.42 Å². The minimum Gasteiger partial charge on any atom is -0.387 e. The van der Waals surface area contributed by atoms with Crippen LogP contribution in [-0.2, 0) is 18.4 Å². The van der Waals surface area contributed by atoms with Gasteiger partial charge in [-0.1, -0.05) is 165 Å². The molecule has 3 unspecified atom stereocenters. The number of unbranched alkanes of at least 4 members (excludes halogenated alkanes) is 21. The van der Waals surface area contributed by atoms with Crippen molar-refractivity contribution in [3.8, 4) is 0 Å². The molecule has 0 aromatic rings. The second-order valence-corrected chi connectivity index (χ2v) is 17.9. The van der Waals surface area contributed by atoms with E-state index >= 15 is 0 Å². The first-order valence-electron chi connectivity index (χ1n) is 22.5. The van der Waals surface area contributed by atoms with Crippen LogP contribution in [0.15, 0.2) is 48.6 Å². The Morgan fingerprint density at radius 3 is 1.56 bits per heavy atom. The summed E-state index contributed by atoms with van der Waals surface area (Å²) in [6, 6.07) is -0.864. The Balaban J connectivity index is 4.38. The summed E-state index contributed by atoms with van der Waals surface area (Å²) in [6.45, 7) is 4.75. The third kappa shape index (κ3) is 40.5. The Bertz CT molecular complexity index is 1040. The van der Waals surface area contributed by atoms with Crippen molar-refractivity contribution in [3.63, 3.8) is 0 Å². The number of quaternary nitrogens is 1. The summed E-state index contributed by atoms with van der Waals surface area (Å²) >= 11 is 0. The molecule has 0 aromatic carbocycles. The predicted molar refractivity (Wildman–Crippen MR) is 235 cm³/mol. The fourth-order valence-electron chi connectivity index (χ4n) is 6.14. The van der Waals surface area contributed by atoms with Crippen LogP contribution in [0.2, 0.25) is 0 Å². The number of likely N-dealkylation sites (N-methyl/N-ethyl adjacent to an activating group) is 1. The van der Waals surface area contributed by atoms with E-state index in [9.17, 15) is 19.4 Å². The van der Waals surface area contributed by atoms with Crippen LogP contribution in [0.25, 0.3) is 0 Å². The lowest BCUT2D eigenvalue weighted by Crippen LogP contribution is -2.45. The number of allylic oxidation sites excluding steroid dienone is 7. The fraction of sp³-hybridized carbons (Fsp3) is 0.804. The largest absolute Gasteiger partial charge is 0.472 e. The highest BCUT2D eigenvalue weighted by Crippen LogP contribution is 2.43. The number of hydrogen-bond donors (Lipinski definition) is 3. The van der Waals surface area contributed by atoms with Gasteiger partial charge < -0.3 is 19.8 Å². The number of nitrogens with one attached hydrogen (secondary N) is 1. The summed E-state index contributed by atoms with van der Waals surface area (Å²) < 4.78 is 23.5. The van der Waals surface area contributed by atoms with E-state index in [4.69, 9.17) is 9.05 Å². The third-order valence-corrected chi connectivity index (χ3v) is 10.8. The molecule has 3 N–H and O–H groups in total. The lowest BCUT2D eigenvalue weighted by atomic mass is 10.1. The van der Waals surface area contributed by atoms with Crippen LogP contribution in [0.4, 0.5) is 0 Å². The lowest BCUT2D eigenvalue weighted by Gasteiger charge is -2.25. The Hall–Kier alpha value is -1.54. The van der Waals surface area contributed by atoms with E-state index in [2.05, 4.69) is 55.6 Å². The molecule has 0 aliphatic rings. The fourth-order valence-corrected chi connectivity index (χ4v) is 6.88. The zero-order chi connectivity index (χ0) is 40.7. The van der Waals surface area contributed by atoms with Crippen molar-refractivity contribution in [3.05, 3.63) is 48.6 Å². The smallest absolute Gasteiger partial charge is 0.387 e. The molecule has 0 aromatic heterocycles. The molecule has 0 rings (SSSR count). The molecule has 3 atom stereocenters. The van der Waals surface area contributed by atoms with Gasteiger partial charge in [-0.05, 0) is 64.2 Å². The van der Waals surface area contributed by atoms with E-state index in [0.717, 1.165) is 44.9 Å². The zero-order valence-electron chi connectivity index (χ0n) is 36.4. The predicted octanol–water partition coefficient (Wildman–Crippen LogP) is 12.5. The Labute approximate surface area is 339 Å². The normalized spacial score (nSPS) is 14.8. The van der Waals surface area contributed by atoms with Crippen LogP contribution >= 0.6 is 7.82 Å². The van der Waals surface area contributed by atoms with E-state index in [-0.39, 0.29) is 19.1 Å². The van der Waals surface area contributed by atoms with E-state index in [0.29, 0.717) is 17.4 Å². The molecule has 0 aliphatic heterocycles. The van der Waals surface area contributed by atoms with Gasteiger partial charge in [0.2, 0.25) is 5.91 Å². The van der Waals surface area contributed by atoms with Crippen molar-refractivity contribution in [2.75, 3.05) is 40.9 Å². The number of hydrogen-bond acceptors (Lipinski definition) is 5. The highest BCUT2D eigenvalue weighted by atomic mass is 31.2. The van der Waals surface area contributed by atoms with Crippen LogP contribution in [-0.4, -0.2) is 73.4 Å². The van der Waals surface area contributed by atoms with Gasteiger partial charge in [0.15, 0.2) is 0 Å². The minimum absolute atomic E-state index is 0.0539. The van der Waals surface area contributed by atoms with E-state index in [1.807, 2.05) is 27.2 Å². The van der Waals surface area contributed by atoms with Crippen LogP contribution in [0.3, 0.4) is 0 Å². The van der Waals surface area contributed by atoms with Gasteiger partial charge in [-0.3, -0.25) is 13.8 Å². The molecule has 8 nitrogen and oxygen atoms in total. The van der Waals surface area contributed by atoms with E-state index in [1.165, 1.54) is 122 Å². The molecule has 0 bridgehead atoms. The molecule has 0 saturated heterocycles. The van der Waals surface area contributed by atoms with Crippen molar-refractivity contribution in [1.82, 2.24) is 5.32 Å². The summed E-state index contributed by atoms with van der Waals surface area (Å²) in [4.78, 5) is 23.1. The van der Waals surface area contributed by atoms with E-state index < -0.39 is 20.0 Å². The van der Waals surface area contributed by atoms with Crippen molar-refractivity contribution >= 4 is 13.7 Å². The average molecular weight is 796 g/mol. The SMILES string of the molecule is CCCCCCC/C=C\C/C=C\CCCCCCCCCCCC(=O)NC(COP(=O)(O)OCC[N+](C)(C)C)C(O)/C=C/CC/C=C/CCCCCCCC. The molecular formula is C46H88N2O6P+. The Morgan fingerprint density at radius 1 is 0.618 bits per heavy atom. The molecule has 55 heavy (non-hydrogen) atoms. The van der Waals surface area contributed by atoms with E-state index in [1.54, 1.807) is 6.08 Å². The van der Waals surface area contributed by atoms with Crippen LogP contribution in [0.1, 0.15) is 187 Å². The van der Waals surface area contributed by atoms with Gasteiger partial charge in [0.05, 0.1) is 39.9 Å². The van der Waals surface area contributed by atoms with Gasteiger partial charge in [0.1, 0.15) is 13.2 Å². The zero-order valence-corrected chi connectivity index (χ0v) is 37.3. The molecule has 322 valence electrons. The maximum atomic E-state index is 12.9. The lowest BCUT2D eigenvalue weighted by molar-refractivity contribution is -0.870. The molecule has 1 amide bonds. The Morgan fingerprint density at radius 2 is 1.05 bits per heavy atom.